The summed E-state index contributed by atoms with van der Waals surface area (Å²) in [6, 6.07) is 91.5. The van der Waals surface area contributed by atoms with Crippen LogP contribution in [0.5, 0.6) is 0 Å². The van der Waals surface area contributed by atoms with E-state index in [4.69, 9.17) is 2.74 Å². The summed E-state index contributed by atoms with van der Waals surface area (Å²) in [7, 11) is -6.60. The zero-order chi connectivity index (χ0) is 63.2. The number of hydrogen-bond acceptors (Lipinski definition) is 0. The molecule has 0 saturated carbocycles. The van der Waals surface area contributed by atoms with E-state index >= 15 is 0 Å². The number of benzene rings is 13. The minimum atomic E-state index is -3.66. The van der Waals surface area contributed by atoms with Gasteiger partial charge in [0.05, 0.1) is 41.5 Å². The maximum absolute atomic E-state index is 9.88. The summed E-state index contributed by atoms with van der Waals surface area (Å²) in [5.74, 6) is 0. The Balaban J connectivity index is 1.06. The number of para-hydroxylation sites is 2. The summed E-state index contributed by atoms with van der Waals surface area (Å²) in [4.78, 5) is 0. The molecule has 0 fully saturated rings. The highest BCUT2D eigenvalue weighted by molar-refractivity contribution is 7.20. The molecule has 15 rings (SSSR count). The smallest absolute Gasteiger partial charge is 0.179 e. The summed E-state index contributed by atoms with van der Waals surface area (Å²) < 4.78 is 98.7. The predicted octanol–water partition coefficient (Wildman–Crippen LogP) is 14.0. The van der Waals surface area contributed by atoms with Gasteiger partial charge in [0.2, 0.25) is 0 Å². The highest BCUT2D eigenvalue weighted by Gasteiger charge is 2.44. The molecule has 82 heavy (non-hydrogen) atoms. The third-order valence-corrected chi connectivity index (χ3v) is 26.1. The van der Waals surface area contributed by atoms with Gasteiger partial charge in [0.1, 0.15) is 0 Å². The van der Waals surface area contributed by atoms with Crippen molar-refractivity contribution in [2.45, 2.75) is 0 Å². The standard InChI is InChI=1S/C78H56N2Si2/c1-9-29-57(30-10-1)70-55-67(82(63-39-19-6-20-40-63,64-41-21-7-22-42-64)65-43-23-8-24-44-65)56-71(58-31-11-2-12-32-58)78(70)80-75-48-28-26-45-68(75)72-53-59(49-51-77(72)80)79-74-47-27-25-46-69(74)73-54-66(50-52-76(73)79)81(60-33-13-3-14-34-60,61-35-15-4-16-36-61)62-37-17-5-18-38-62/h1-56H/i1D,2D,9D,10D,11D,12D,29D,30D,31D,32D. The second-order valence-corrected chi connectivity index (χ2v) is 28.4. The van der Waals surface area contributed by atoms with E-state index in [1.54, 1.807) is 0 Å². The quantitative estimate of drug-likeness (QED) is 0.0852. The van der Waals surface area contributed by atoms with E-state index in [-0.39, 0.29) is 27.9 Å². The van der Waals surface area contributed by atoms with Crippen LogP contribution in [0.1, 0.15) is 13.7 Å². The largest absolute Gasteiger partial charge is 0.309 e. The van der Waals surface area contributed by atoms with Crippen molar-refractivity contribution in [1.82, 2.24) is 9.13 Å². The lowest BCUT2D eigenvalue weighted by Gasteiger charge is -2.36. The molecule has 0 N–H and O–H groups in total. The number of nitrogens with zero attached hydrogens (tertiary/aromatic N) is 2. The molecule has 0 spiro atoms. The minimum absolute atomic E-state index is 0.107. The van der Waals surface area contributed by atoms with Gasteiger partial charge in [0.15, 0.2) is 16.1 Å². The van der Waals surface area contributed by atoms with Crippen LogP contribution in [0.15, 0.2) is 339 Å². The highest BCUT2D eigenvalue weighted by Crippen LogP contribution is 2.43. The van der Waals surface area contributed by atoms with Crippen LogP contribution in [0.3, 0.4) is 0 Å². The first-order chi connectivity index (χ1) is 44.8. The fourth-order valence-electron chi connectivity index (χ4n) is 13.2. The normalized spacial score (nSPS) is 13.6. The average molecular weight is 1090 g/mol. The number of hydrogen-bond donors (Lipinski definition) is 0. The second-order valence-electron chi connectivity index (χ2n) is 20.8. The minimum Gasteiger partial charge on any atom is -0.309 e. The van der Waals surface area contributed by atoms with Crippen molar-refractivity contribution >= 4 is 101 Å². The molecule has 2 aromatic heterocycles. The van der Waals surface area contributed by atoms with Gasteiger partial charge in [-0.05, 0) is 89.0 Å². The predicted molar refractivity (Wildman–Crippen MR) is 353 cm³/mol. The molecule has 0 amide bonds. The third kappa shape index (κ3) is 7.83. The SMILES string of the molecule is [2H]c1c([2H])c([2H])c(-c2cc([Si](c3ccccc3)(c3ccccc3)c3ccccc3)cc(-c3c([2H])c([2H])c([2H])c([2H])c3[2H])c2-n2c3ccccc3c3cc(-n4c5ccccc5c5cc([Si](c6ccccc6)(c6ccccc6)c6ccccc6)ccc54)ccc32)c([2H])c1[2H]. The van der Waals surface area contributed by atoms with E-state index in [9.17, 15) is 11.0 Å². The summed E-state index contributed by atoms with van der Waals surface area (Å²) in [5.41, 5.74) is 4.69. The first-order valence-corrected chi connectivity index (χ1v) is 31.6. The van der Waals surface area contributed by atoms with Crippen molar-refractivity contribution in [3.63, 3.8) is 0 Å². The Morgan fingerprint density at radius 2 is 0.573 bits per heavy atom. The molecule has 386 valence electrons. The Bertz CT molecular complexity index is 5060. The van der Waals surface area contributed by atoms with E-state index < -0.39 is 76.6 Å². The summed E-state index contributed by atoms with van der Waals surface area (Å²) >= 11 is 0. The van der Waals surface area contributed by atoms with Gasteiger partial charge in [-0.15, -0.1) is 0 Å². The molecule has 0 aliphatic carbocycles. The third-order valence-electron chi connectivity index (χ3n) is 16.6. The van der Waals surface area contributed by atoms with Crippen LogP contribution in [0, 0.1) is 0 Å². The molecule has 2 heterocycles. The van der Waals surface area contributed by atoms with Crippen LogP contribution in [0.4, 0.5) is 0 Å². The van der Waals surface area contributed by atoms with Crippen LogP contribution in [-0.2, 0) is 0 Å². The molecule has 0 bridgehead atoms. The molecular weight excluding hydrogens is 1020 g/mol. The Morgan fingerprint density at radius 3 is 1.00 bits per heavy atom. The first kappa shape index (κ1) is 39.3. The van der Waals surface area contributed by atoms with Gasteiger partial charge in [0, 0.05) is 38.4 Å². The van der Waals surface area contributed by atoms with Crippen molar-refractivity contribution in [2.24, 2.45) is 0 Å². The van der Waals surface area contributed by atoms with Crippen molar-refractivity contribution in [3.8, 4) is 33.6 Å². The van der Waals surface area contributed by atoms with Crippen LogP contribution in [0.2, 0.25) is 0 Å². The van der Waals surface area contributed by atoms with E-state index in [1.165, 1.54) is 20.7 Å². The average Bonchev–Trinajstić information content (AvgIpc) is 1.45. The number of fused-ring (bicyclic) bond motifs is 6. The van der Waals surface area contributed by atoms with Crippen molar-refractivity contribution in [2.75, 3.05) is 0 Å². The molecule has 13 aromatic carbocycles. The zero-order valence-corrected chi connectivity index (χ0v) is 46.5. The molecule has 0 aliphatic heterocycles. The maximum atomic E-state index is 9.88. The van der Waals surface area contributed by atoms with Crippen LogP contribution in [-0.4, -0.2) is 25.3 Å². The van der Waals surface area contributed by atoms with E-state index in [0.717, 1.165) is 53.8 Å². The van der Waals surface area contributed by atoms with Crippen LogP contribution >= 0.6 is 0 Å². The van der Waals surface area contributed by atoms with E-state index in [0.29, 0.717) is 16.2 Å². The van der Waals surface area contributed by atoms with Gasteiger partial charge in [-0.2, -0.15) is 0 Å². The molecule has 4 heteroatoms. The van der Waals surface area contributed by atoms with Gasteiger partial charge in [-0.25, -0.2) is 0 Å². The lowest BCUT2D eigenvalue weighted by atomic mass is 9.95. The summed E-state index contributed by atoms with van der Waals surface area (Å²) in [6.45, 7) is 0. The van der Waals surface area contributed by atoms with Gasteiger partial charge in [0.25, 0.3) is 0 Å². The van der Waals surface area contributed by atoms with Crippen LogP contribution < -0.4 is 41.5 Å². The van der Waals surface area contributed by atoms with Gasteiger partial charge >= 0.3 is 0 Å². The summed E-state index contributed by atoms with van der Waals surface area (Å²) in [5, 5.41) is 12.4. The Hall–Kier alpha value is -10.1. The van der Waals surface area contributed by atoms with Gasteiger partial charge in [-0.3, -0.25) is 0 Å². The molecule has 0 saturated heterocycles. The monoisotopic (exact) mass is 1090 g/mol. The topological polar surface area (TPSA) is 9.86 Å². The number of rotatable bonds is 12. The zero-order valence-electron chi connectivity index (χ0n) is 54.5. The first-order valence-electron chi connectivity index (χ1n) is 32.6. The summed E-state index contributed by atoms with van der Waals surface area (Å²) in [6.07, 6.45) is 0. The van der Waals surface area contributed by atoms with Crippen LogP contribution in [0.25, 0.3) is 77.2 Å². The Kier molecular flexibility index (Phi) is 9.84. The molecule has 0 atom stereocenters. The lowest BCUT2D eigenvalue weighted by molar-refractivity contribution is 1.17. The van der Waals surface area contributed by atoms with Crippen molar-refractivity contribution < 1.29 is 13.7 Å². The molecule has 2 nitrogen and oxygen atoms in total. The van der Waals surface area contributed by atoms with Crippen molar-refractivity contribution in [1.29, 1.82) is 0 Å². The van der Waals surface area contributed by atoms with Gasteiger partial charge in [-0.1, -0.05) is 303 Å². The van der Waals surface area contributed by atoms with E-state index in [2.05, 4.69) is 187 Å². The molecule has 15 aromatic rings. The number of aromatic nitrogens is 2. The van der Waals surface area contributed by atoms with Crippen molar-refractivity contribution in [3.05, 3.63) is 339 Å². The molecular formula is C78H56N2Si2. The van der Waals surface area contributed by atoms with E-state index in [1.807, 2.05) is 102 Å². The Morgan fingerprint density at radius 1 is 0.244 bits per heavy atom. The fraction of sp³-hybridized carbons (Fsp3) is 0. The Labute approximate surface area is 494 Å². The second kappa shape index (κ2) is 20.5. The molecule has 0 aliphatic rings. The fourth-order valence-corrected chi connectivity index (χ4v) is 22.8. The lowest BCUT2D eigenvalue weighted by Crippen LogP contribution is -2.74. The maximum Gasteiger partial charge on any atom is 0.179 e. The molecule has 0 radical (unpaired) electrons. The molecule has 0 unspecified atom stereocenters. The van der Waals surface area contributed by atoms with Gasteiger partial charge < -0.3 is 9.13 Å². The highest BCUT2D eigenvalue weighted by atomic mass is 28.3.